The summed E-state index contributed by atoms with van der Waals surface area (Å²) in [5, 5.41) is 13.1. The van der Waals surface area contributed by atoms with Crippen LogP contribution in [-0.4, -0.2) is 9.55 Å². The molecule has 0 aliphatic heterocycles. The molecule has 4 heteroatoms. The predicted molar refractivity (Wildman–Crippen MR) is 208 cm³/mol. The number of hydrogen-bond acceptors (Lipinski definition) is 3. The minimum absolute atomic E-state index is 0.504. The van der Waals surface area contributed by atoms with Gasteiger partial charge in [0.25, 0.3) is 0 Å². The Morgan fingerprint density at radius 1 is 0.569 bits per heavy atom. The molecule has 9 aromatic rings. The zero-order valence-electron chi connectivity index (χ0n) is 27.3. The zero-order valence-corrected chi connectivity index (χ0v) is 28.2. The summed E-state index contributed by atoms with van der Waals surface area (Å²) in [5.74, 6) is 0.930. The summed E-state index contributed by atoms with van der Waals surface area (Å²) in [6.07, 6.45) is 0. The maximum Gasteiger partial charge on any atom is 0.145 e. The highest BCUT2D eigenvalue weighted by Gasteiger charge is 2.52. The van der Waals surface area contributed by atoms with Crippen LogP contribution in [0.2, 0.25) is 0 Å². The number of benzene rings is 7. The first-order valence-electron chi connectivity index (χ1n) is 17.2. The van der Waals surface area contributed by atoms with Gasteiger partial charge in [-0.25, -0.2) is 4.98 Å². The van der Waals surface area contributed by atoms with Gasteiger partial charge in [-0.3, -0.25) is 4.57 Å². The van der Waals surface area contributed by atoms with Gasteiger partial charge in [-0.1, -0.05) is 109 Å². The summed E-state index contributed by atoms with van der Waals surface area (Å²) < 4.78 is 3.55. The van der Waals surface area contributed by atoms with Gasteiger partial charge in [-0.15, -0.1) is 11.3 Å². The third-order valence-corrected chi connectivity index (χ3v) is 11.9. The zero-order chi connectivity index (χ0) is 33.7. The Balaban J connectivity index is 1.23. The third kappa shape index (κ3) is 3.73. The van der Waals surface area contributed by atoms with E-state index in [2.05, 4.69) is 162 Å². The van der Waals surface area contributed by atoms with E-state index in [1.54, 1.807) is 11.3 Å². The van der Waals surface area contributed by atoms with Gasteiger partial charge < -0.3 is 0 Å². The van der Waals surface area contributed by atoms with Crippen molar-refractivity contribution in [1.82, 2.24) is 9.55 Å². The Labute approximate surface area is 299 Å². The average Bonchev–Trinajstić information content (AvgIpc) is 3.95. The molecule has 51 heavy (non-hydrogen) atoms. The number of rotatable bonds is 3. The number of nitrogens with zero attached hydrogens (tertiary/aromatic N) is 3. The molecule has 7 aromatic carbocycles. The quantitative estimate of drug-likeness (QED) is 0.188. The van der Waals surface area contributed by atoms with Crippen molar-refractivity contribution in [3.63, 3.8) is 0 Å². The number of hydrogen-bond donors (Lipinski definition) is 0. The van der Waals surface area contributed by atoms with E-state index in [-0.39, 0.29) is 0 Å². The van der Waals surface area contributed by atoms with E-state index < -0.39 is 5.41 Å². The topological polar surface area (TPSA) is 41.6 Å². The molecule has 1 spiro atoms. The Morgan fingerprint density at radius 2 is 1.25 bits per heavy atom. The molecule has 236 valence electrons. The standard InChI is InChI=1S/C47H27N3S/c48-27-29-18-20-30(21-19-29)36-28-51-43-25-24-39-44(45(36)43)35-13-5-7-15-38(35)47(39)37-14-6-4-12-33(37)34-23-22-31(26-40(34)47)46-49-41-16-8-9-17-42(41)50(46)32-10-2-1-3-11-32/h1-26,28H. The summed E-state index contributed by atoms with van der Waals surface area (Å²) in [7, 11) is 0. The first-order chi connectivity index (χ1) is 25.3. The summed E-state index contributed by atoms with van der Waals surface area (Å²) in [6, 6.07) is 58.9. The molecule has 0 radical (unpaired) electrons. The Bertz CT molecular complexity index is 2920. The Kier molecular flexibility index (Phi) is 5.82. The number of nitriles is 1. The summed E-state index contributed by atoms with van der Waals surface area (Å²) >= 11 is 1.79. The van der Waals surface area contributed by atoms with Gasteiger partial charge in [-0.05, 0) is 104 Å². The molecule has 0 saturated heterocycles. The SMILES string of the molecule is N#Cc1ccc(-c2csc3ccc4c(c23)-c2ccccc2C42c3ccccc3-c3ccc(-c4nc5ccccc5n4-c4ccccc4)cc32)cc1. The maximum atomic E-state index is 9.49. The fourth-order valence-electron chi connectivity index (χ4n) is 8.89. The van der Waals surface area contributed by atoms with Crippen LogP contribution in [0.25, 0.3) is 71.6 Å². The second-order valence-electron chi connectivity index (χ2n) is 13.4. The van der Waals surface area contributed by atoms with E-state index in [1.165, 1.54) is 60.2 Å². The van der Waals surface area contributed by atoms with Crippen LogP contribution in [0.4, 0.5) is 0 Å². The smallest absolute Gasteiger partial charge is 0.145 e. The monoisotopic (exact) mass is 665 g/mol. The van der Waals surface area contributed by atoms with E-state index in [0.29, 0.717) is 5.56 Å². The highest BCUT2D eigenvalue weighted by atomic mass is 32.1. The van der Waals surface area contributed by atoms with Crippen LogP contribution in [0.15, 0.2) is 163 Å². The summed E-state index contributed by atoms with van der Waals surface area (Å²) in [4.78, 5) is 5.27. The second kappa shape index (κ2) is 10.5. The lowest BCUT2D eigenvalue weighted by molar-refractivity contribution is 0.794. The van der Waals surface area contributed by atoms with E-state index in [1.807, 2.05) is 12.1 Å². The van der Waals surface area contributed by atoms with Crippen molar-refractivity contribution in [1.29, 1.82) is 5.26 Å². The van der Waals surface area contributed by atoms with Gasteiger partial charge in [0.15, 0.2) is 0 Å². The number of imidazole rings is 1. The Hall–Kier alpha value is -6.54. The maximum absolute atomic E-state index is 9.49. The number of thiophene rings is 1. The lowest BCUT2D eigenvalue weighted by Crippen LogP contribution is -2.25. The van der Waals surface area contributed by atoms with Crippen molar-refractivity contribution >= 4 is 32.5 Å². The fraction of sp³-hybridized carbons (Fsp3) is 0.0213. The molecule has 2 heterocycles. The summed E-state index contributed by atoms with van der Waals surface area (Å²) in [5.41, 5.74) is 17.1. The molecule has 3 nitrogen and oxygen atoms in total. The molecular formula is C47H27N3S. The molecule has 0 bridgehead atoms. The molecule has 2 aliphatic rings. The van der Waals surface area contributed by atoms with Crippen molar-refractivity contribution in [3.05, 3.63) is 191 Å². The van der Waals surface area contributed by atoms with Crippen molar-refractivity contribution in [3.8, 4) is 56.5 Å². The van der Waals surface area contributed by atoms with E-state index in [4.69, 9.17) is 4.98 Å². The van der Waals surface area contributed by atoms with Crippen LogP contribution >= 0.6 is 11.3 Å². The van der Waals surface area contributed by atoms with Crippen molar-refractivity contribution in [2.24, 2.45) is 0 Å². The molecule has 0 N–H and O–H groups in total. The minimum atomic E-state index is -0.504. The van der Waals surface area contributed by atoms with Gasteiger partial charge in [0.1, 0.15) is 5.82 Å². The van der Waals surface area contributed by atoms with Crippen molar-refractivity contribution in [2.75, 3.05) is 0 Å². The molecule has 0 saturated carbocycles. The van der Waals surface area contributed by atoms with Gasteiger partial charge in [0.2, 0.25) is 0 Å². The average molecular weight is 666 g/mol. The Morgan fingerprint density at radius 3 is 2.08 bits per heavy atom. The molecule has 0 amide bonds. The normalized spacial score (nSPS) is 15.1. The number of fused-ring (bicyclic) bond motifs is 13. The highest BCUT2D eigenvalue weighted by Crippen LogP contribution is 2.64. The van der Waals surface area contributed by atoms with E-state index in [0.717, 1.165) is 33.7 Å². The first kappa shape index (κ1) is 28.3. The minimum Gasteiger partial charge on any atom is -0.292 e. The lowest BCUT2D eigenvalue weighted by Gasteiger charge is -2.30. The largest absolute Gasteiger partial charge is 0.292 e. The van der Waals surface area contributed by atoms with Gasteiger partial charge in [0, 0.05) is 26.9 Å². The van der Waals surface area contributed by atoms with E-state index in [9.17, 15) is 5.26 Å². The molecule has 2 aliphatic carbocycles. The van der Waals surface area contributed by atoms with Crippen LogP contribution in [0.3, 0.4) is 0 Å². The number of aromatic nitrogens is 2. The lowest BCUT2D eigenvalue weighted by atomic mass is 9.70. The van der Waals surface area contributed by atoms with Crippen LogP contribution in [0.5, 0.6) is 0 Å². The van der Waals surface area contributed by atoms with Gasteiger partial charge in [-0.2, -0.15) is 5.26 Å². The van der Waals surface area contributed by atoms with Crippen LogP contribution in [0.1, 0.15) is 27.8 Å². The fourth-order valence-corrected chi connectivity index (χ4v) is 9.86. The van der Waals surface area contributed by atoms with Gasteiger partial charge >= 0.3 is 0 Å². The van der Waals surface area contributed by atoms with Crippen molar-refractivity contribution < 1.29 is 0 Å². The van der Waals surface area contributed by atoms with E-state index >= 15 is 0 Å². The van der Waals surface area contributed by atoms with Crippen molar-refractivity contribution in [2.45, 2.75) is 5.41 Å². The summed E-state index contributed by atoms with van der Waals surface area (Å²) in [6.45, 7) is 0. The van der Waals surface area contributed by atoms with Gasteiger partial charge in [0.05, 0.1) is 28.1 Å². The van der Waals surface area contributed by atoms with Crippen LogP contribution < -0.4 is 0 Å². The molecule has 1 unspecified atom stereocenters. The molecule has 11 rings (SSSR count). The molecule has 0 fully saturated rings. The molecule has 1 atom stereocenters. The predicted octanol–water partition coefficient (Wildman–Crippen LogP) is 11.8. The third-order valence-electron chi connectivity index (χ3n) is 10.9. The molecule has 2 aromatic heterocycles. The first-order valence-corrected chi connectivity index (χ1v) is 18.1. The van der Waals surface area contributed by atoms with Crippen LogP contribution in [0, 0.1) is 11.3 Å². The molecular weight excluding hydrogens is 639 g/mol. The van der Waals surface area contributed by atoms with Crippen LogP contribution in [-0.2, 0) is 5.41 Å². The number of para-hydroxylation sites is 3. The highest BCUT2D eigenvalue weighted by molar-refractivity contribution is 7.17. The second-order valence-corrected chi connectivity index (χ2v) is 14.3.